The average Bonchev–Trinajstić information content (AvgIpc) is 3.17. The first-order chi connectivity index (χ1) is 12.2. The Bertz CT molecular complexity index is 1170. The molecule has 0 saturated heterocycles. The Morgan fingerprint density at radius 2 is 1.96 bits per heavy atom. The van der Waals surface area contributed by atoms with Crippen molar-refractivity contribution >= 4 is 38.3 Å². The largest absolute Gasteiger partial charge is 0.496 e. The molecular weight excluding hydrogens is 402 g/mol. The fourth-order valence-electron chi connectivity index (χ4n) is 2.60. The Morgan fingerprint density at radius 1 is 1.16 bits per heavy atom. The number of benzene rings is 2. The number of halogens is 1. The zero-order valence-corrected chi connectivity index (χ0v) is 15.5. The van der Waals surface area contributed by atoms with Gasteiger partial charge in [0.05, 0.1) is 11.6 Å². The zero-order chi connectivity index (χ0) is 17.4. The molecule has 5 nitrogen and oxygen atoms in total. The van der Waals surface area contributed by atoms with Gasteiger partial charge in [-0.2, -0.15) is 0 Å². The summed E-state index contributed by atoms with van der Waals surface area (Å²) in [6.45, 7) is 0. The number of ether oxygens (including phenoxy) is 1. The van der Waals surface area contributed by atoms with Gasteiger partial charge in [0.25, 0.3) is 5.56 Å². The second-order valence-corrected chi connectivity index (χ2v) is 7.23. The molecule has 7 heteroatoms. The van der Waals surface area contributed by atoms with E-state index in [1.165, 1.54) is 11.3 Å². The van der Waals surface area contributed by atoms with Gasteiger partial charge in [-0.3, -0.25) is 4.79 Å². The summed E-state index contributed by atoms with van der Waals surface area (Å²) >= 11 is 4.76. The number of fused-ring (bicyclic) bond motifs is 1. The third-order valence-electron chi connectivity index (χ3n) is 3.76. The molecule has 2 aromatic carbocycles. The first-order valence-corrected chi connectivity index (χ1v) is 9.07. The normalized spacial score (nSPS) is 12.0. The molecule has 0 aliphatic heterocycles. The smallest absolute Gasteiger partial charge is 0.276 e. The average molecular weight is 414 g/mol. The van der Waals surface area contributed by atoms with Crippen molar-refractivity contribution in [3.8, 4) is 17.1 Å². The minimum Gasteiger partial charge on any atom is -0.496 e. The van der Waals surface area contributed by atoms with Crippen molar-refractivity contribution in [3.63, 3.8) is 0 Å². The summed E-state index contributed by atoms with van der Waals surface area (Å²) in [5, 5.41) is 8.31. The van der Waals surface area contributed by atoms with Crippen LogP contribution < -0.4 is 14.8 Å². The first-order valence-electron chi connectivity index (χ1n) is 7.46. The molecule has 0 fully saturated rings. The Kier molecular flexibility index (Phi) is 4.10. The lowest BCUT2D eigenvalue weighted by atomic mass is 10.2. The molecule has 4 rings (SSSR count). The van der Waals surface area contributed by atoms with E-state index in [9.17, 15) is 4.79 Å². The lowest BCUT2D eigenvalue weighted by Crippen LogP contribution is -2.23. The predicted molar refractivity (Wildman–Crippen MR) is 102 cm³/mol. The van der Waals surface area contributed by atoms with Crippen molar-refractivity contribution in [2.24, 2.45) is 0 Å². The third kappa shape index (κ3) is 2.85. The van der Waals surface area contributed by atoms with E-state index < -0.39 is 0 Å². The Morgan fingerprint density at radius 3 is 2.72 bits per heavy atom. The monoisotopic (exact) mass is 413 g/mol. The van der Waals surface area contributed by atoms with E-state index >= 15 is 0 Å². The quantitative estimate of drug-likeness (QED) is 0.517. The minimum atomic E-state index is -0.133. The summed E-state index contributed by atoms with van der Waals surface area (Å²) in [6, 6.07) is 15.2. The van der Waals surface area contributed by atoms with Crippen LogP contribution in [0.4, 0.5) is 0 Å². The molecular formula is C18H12BrN3O2S. The van der Waals surface area contributed by atoms with E-state index in [2.05, 4.69) is 26.1 Å². The maximum absolute atomic E-state index is 12.9. The lowest BCUT2D eigenvalue weighted by molar-refractivity contribution is 0.414. The minimum absolute atomic E-state index is 0.133. The number of nitrogens with zero attached hydrogens (tertiary/aromatic N) is 3. The van der Waals surface area contributed by atoms with Crippen molar-refractivity contribution in [1.29, 1.82) is 0 Å². The fourth-order valence-corrected chi connectivity index (χ4v) is 3.88. The highest BCUT2D eigenvalue weighted by molar-refractivity contribution is 9.10. The fraction of sp³-hybridized carbons (Fsp3) is 0.0556. The molecule has 0 saturated carbocycles. The van der Waals surface area contributed by atoms with Crippen LogP contribution in [0.5, 0.6) is 5.75 Å². The maximum atomic E-state index is 12.9. The van der Waals surface area contributed by atoms with Crippen LogP contribution in [0.1, 0.15) is 5.56 Å². The second kappa shape index (κ2) is 6.42. The molecule has 2 aromatic heterocycles. The molecule has 0 aliphatic carbocycles. The molecule has 0 radical (unpaired) electrons. The Balaban J connectivity index is 1.94. The van der Waals surface area contributed by atoms with Gasteiger partial charge in [-0.05, 0) is 24.3 Å². The first kappa shape index (κ1) is 16.0. The Hall–Kier alpha value is -2.51. The predicted octanol–water partition coefficient (Wildman–Crippen LogP) is 3.14. The number of hydrogen-bond acceptors (Lipinski definition) is 5. The zero-order valence-electron chi connectivity index (χ0n) is 13.1. The molecule has 0 N–H and O–H groups in total. The van der Waals surface area contributed by atoms with Crippen LogP contribution in [-0.2, 0) is 0 Å². The van der Waals surface area contributed by atoms with E-state index in [0.717, 1.165) is 15.6 Å². The standard InChI is InChI=1S/C18H12BrN3O2S/c1-24-14-8-7-13(19)9-12(14)10-15-17(23)22-16(20-21-18(22)25-15)11-5-3-2-4-6-11/h2-10H,1H3/b15-10-. The summed E-state index contributed by atoms with van der Waals surface area (Å²) in [5.41, 5.74) is 1.55. The Labute approximate surface area is 155 Å². The molecule has 0 bridgehead atoms. The lowest BCUT2D eigenvalue weighted by Gasteiger charge is -2.04. The molecule has 4 aromatic rings. The molecule has 0 spiro atoms. The van der Waals surface area contributed by atoms with Gasteiger partial charge in [0, 0.05) is 15.6 Å². The third-order valence-corrected chi connectivity index (χ3v) is 5.21. The molecule has 0 atom stereocenters. The molecule has 124 valence electrons. The van der Waals surface area contributed by atoms with Crippen molar-refractivity contribution in [1.82, 2.24) is 14.6 Å². The van der Waals surface area contributed by atoms with Crippen LogP contribution in [0.25, 0.3) is 22.4 Å². The van der Waals surface area contributed by atoms with Crippen molar-refractivity contribution in [3.05, 3.63) is 73.5 Å². The topological polar surface area (TPSA) is 56.5 Å². The molecule has 2 heterocycles. The number of rotatable bonds is 3. The van der Waals surface area contributed by atoms with Crippen LogP contribution in [0, 0.1) is 0 Å². The number of thiazole rings is 1. The highest BCUT2D eigenvalue weighted by Crippen LogP contribution is 2.24. The van der Waals surface area contributed by atoms with Crippen LogP contribution in [0.3, 0.4) is 0 Å². The summed E-state index contributed by atoms with van der Waals surface area (Å²) < 4.78 is 8.43. The summed E-state index contributed by atoms with van der Waals surface area (Å²) in [6.07, 6.45) is 1.82. The van der Waals surface area contributed by atoms with Crippen LogP contribution >= 0.6 is 27.3 Å². The van der Waals surface area contributed by atoms with Crippen molar-refractivity contribution in [2.45, 2.75) is 0 Å². The second-order valence-electron chi connectivity index (χ2n) is 5.31. The number of aromatic nitrogens is 3. The summed E-state index contributed by atoms with van der Waals surface area (Å²) in [4.78, 5) is 13.5. The van der Waals surface area contributed by atoms with Gasteiger partial charge in [-0.1, -0.05) is 57.6 Å². The van der Waals surface area contributed by atoms with Gasteiger partial charge in [-0.25, -0.2) is 4.40 Å². The van der Waals surface area contributed by atoms with E-state index in [4.69, 9.17) is 4.74 Å². The SMILES string of the molecule is COc1ccc(Br)cc1/C=c1\sc2nnc(-c3ccccc3)n2c1=O. The maximum Gasteiger partial charge on any atom is 0.276 e. The van der Waals surface area contributed by atoms with E-state index in [0.29, 0.717) is 21.1 Å². The van der Waals surface area contributed by atoms with E-state index in [-0.39, 0.29) is 5.56 Å². The van der Waals surface area contributed by atoms with Gasteiger partial charge >= 0.3 is 0 Å². The van der Waals surface area contributed by atoms with Gasteiger partial charge in [0.2, 0.25) is 4.96 Å². The number of methoxy groups -OCH3 is 1. The van der Waals surface area contributed by atoms with Crippen LogP contribution in [-0.4, -0.2) is 21.7 Å². The van der Waals surface area contributed by atoms with E-state index in [1.54, 1.807) is 11.5 Å². The molecule has 25 heavy (non-hydrogen) atoms. The van der Waals surface area contributed by atoms with Gasteiger partial charge in [-0.15, -0.1) is 10.2 Å². The van der Waals surface area contributed by atoms with Crippen LogP contribution in [0.2, 0.25) is 0 Å². The highest BCUT2D eigenvalue weighted by atomic mass is 79.9. The molecule has 0 amide bonds. The molecule has 0 unspecified atom stereocenters. The highest BCUT2D eigenvalue weighted by Gasteiger charge is 2.14. The summed E-state index contributed by atoms with van der Waals surface area (Å²) in [7, 11) is 1.61. The summed E-state index contributed by atoms with van der Waals surface area (Å²) in [5.74, 6) is 1.26. The molecule has 0 aliphatic rings. The van der Waals surface area contributed by atoms with Gasteiger partial charge in [0.1, 0.15) is 5.75 Å². The number of hydrogen-bond donors (Lipinski definition) is 0. The van der Waals surface area contributed by atoms with E-state index in [1.807, 2.05) is 54.6 Å². The van der Waals surface area contributed by atoms with Crippen molar-refractivity contribution < 1.29 is 4.74 Å². The van der Waals surface area contributed by atoms with Gasteiger partial charge < -0.3 is 4.74 Å². The van der Waals surface area contributed by atoms with Crippen molar-refractivity contribution in [2.75, 3.05) is 7.11 Å². The van der Waals surface area contributed by atoms with Crippen LogP contribution in [0.15, 0.2) is 57.8 Å². The van der Waals surface area contributed by atoms with Gasteiger partial charge in [0.15, 0.2) is 5.82 Å².